The minimum Gasteiger partial charge on any atom is -0.493 e. The Hall–Kier alpha value is -2.53. The number of nitrogens with zero attached hydrogens (tertiary/aromatic N) is 1. The Kier molecular flexibility index (Phi) is 6.93. The fraction of sp³-hybridized carbons (Fsp3) is 0.435. The third kappa shape index (κ3) is 4.84. The molecule has 1 saturated heterocycles. The molecule has 0 bridgehead atoms. The van der Waals surface area contributed by atoms with Crippen LogP contribution in [-0.2, 0) is 11.4 Å². The highest BCUT2D eigenvalue weighted by Gasteiger charge is 2.28. The smallest absolute Gasteiger partial charge is 0.306 e. The number of hydrogen-bond donors (Lipinski definition) is 1. The third-order valence-electron chi connectivity index (χ3n) is 5.52. The average Bonchev–Trinajstić information content (AvgIpc) is 2.74. The number of carboxylic acids is 1. The van der Waals surface area contributed by atoms with Gasteiger partial charge >= 0.3 is 5.97 Å². The Bertz CT molecular complexity index is 769. The number of benzene rings is 2. The second kappa shape index (κ2) is 9.60. The number of methoxy groups -OCH3 is 1. The number of carbonyl (C=O) groups is 1. The van der Waals surface area contributed by atoms with Crippen molar-refractivity contribution in [2.24, 2.45) is 5.92 Å². The van der Waals surface area contributed by atoms with Gasteiger partial charge in [0.2, 0.25) is 0 Å². The Morgan fingerprint density at radius 1 is 1.14 bits per heavy atom. The van der Waals surface area contributed by atoms with Crippen LogP contribution in [0, 0.1) is 5.92 Å². The zero-order valence-corrected chi connectivity index (χ0v) is 16.6. The molecule has 0 aromatic heterocycles. The van der Waals surface area contributed by atoms with Crippen LogP contribution >= 0.6 is 0 Å². The SMILES string of the molecule is CCC(c1ccc(OCc2ccccc2)c(OC)c1)N1CCC(C(=O)O)CC1. The van der Waals surface area contributed by atoms with Crippen LogP contribution < -0.4 is 9.47 Å². The second-order valence-electron chi connectivity index (χ2n) is 7.26. The molecule has 1 heterocycles. The first-order chi connectivity index (χ1) is 13.6. The van der Waals surface area contributed by atoms with Gasteiger partial charge in [-0.05, 0) is 55.6 Å². The first-order valence-electron chi connectivity index (χ1n) is 9.94. The van der Waals surface area contributed by atoms with Crippen molar-refractivity contribution in [1.29, 1.82) is 0 Å². The number of hydrogen-bond acceptors (Lipinski definition) is 4. The van der Waals surface area contributed by atoms with E-state index < -0.39 is 5.97 Å². The van der Waals surface area contributed by atoms with Gasteiger partial charge in [0.05, 0.1) is 13.0 Å². The zero-order chi connectivity index (χ0) is 19.9. The van der Waals surface area contributed by atoms with Crippen LogP contribution in [0.3, 0.4) is 0 Å². The molecule has 1 N–H and O–H groups in total. The van der Waals surface area contributed by atoms with Crippen molar-refractivity contribution in [3.8, 4) is 11.5 Å². The maximum absolute atomic E-state index is 11.2. The molecule has 1 aliphatic heterocycles. The summed E-state index contributed by atoms with van der Waals surface area (Å²) in [5.74, 6) is 0.577. The van der Waals surface area contributed by atoms with Crippen LogP contribution in [0.15, 0.2) is 48.5 Å². The molecule has 5 heteroatoms. The lowest BCUT2D eigenvalue weighted by atomic mass is 9.93. The summed E-state index contributed by atoms with van der Waals surface area (Å²) in [6.45, 7) is 4.28. The van der Waals surface area contributed by atoms with Crippen LogP contribution in [0.25, 0.3) is 0 Å². The van der Waals surface area contributed by atoms with Gasteiger partial charge in [0.25, 0.3) is 0 Å². The van der Waals surface area contributed by atoms with Gasteiger partial charge in [0, 0.05) is 6.04 Å². The highest BCUT2D eigenvalue weighted by Crippen LogP contribution is 2.35. The van der Waals surface area contributed by atoms with Gasteiger partial charge in [0.1, 0.15) is 6.61 Å². The van der Waals surface area contributed by atoms with E-state index in [0.29, 0.717) is 19.4 Å². The summed E-state index contributed by atoms with van der Waals surface area (Å²) < 4.78 is 11.5. The van der Waals surface area contributed by atoms with Crippen molar-refractivity contribution in [2.45, 2.75) is 38.8 Å². The summed E-state index contributed by atoms with van der Waals surface area (Å²) in [4.78, 5) is 13.6. The number of likely N-dealkylation sites (tertiary alicyclic amines) is 1. The van der Waals surface area contributed by atoms with E-state index >= 15 is 0 Å². The van der Waals surface area contributed by atoms with Crippen LogP contribution in [0.2, 0.25) is 0 Å². The van der Waals surface area contributed by atoms with Gasteiger partial charge in [-0.2, -0.15) is 0 Å². The highest BCUT2D eigenvalue weighted by molar-refractivity contribution is 5.70. The molecule has 1 fully saturated rings. The zero-order valence-electron chi connectivity index (χ0n) is 16.6. The normalized spacial score (nSPS) is 16.5. The maximum Gasteiger partial charge on any atom is 0.306 e. The summed E-state index contributed by atoms with van der Waals surface area (Å²) in [5.41, 5.74) is 2.29. The molecule has 0 spiro atoms. The molecule has 1 atom stereocenters. The number of piperidine rings is 1. The molecule has 28 heavy (non-hydrogen) atoms. The van der Waals surface area contributed by atoms with E-state index in [1.807, 2.05) is 36.4 Å². The Labute approximate surface area is 166 Å². The molecule has 1 unspecified atom stereocenters. The molecule has 150 valence electrons. The molecule has 3 rings (SSSR count). The summed E-state index contributed by atoms with van der Waals surface area (Å²) in [6.07, 6.45) is 2.38. The average molecular weight is 383 g/mol. The Morgan fingerprint density at radius 3 is 2.46 bits per heavy atom. The summed E-state index contributed by atoms with van der Waals surface area (Å²) in [6, 6.07) is 16.4. The van der Waals surface area contributed by atoms with Gasteiger partial charge in [-0.3, -0.25) is 9.69 Å². The van der Waals surface area contributed by atoms with E-state index in [0.717, 1.165) is 36.6 Å². The fourth-order valence-electron chi connectivity index (χ4n) is 3.91. The van der Waals surface area contributed by atoms with Crippen molar-refractivity contribution in [2.75, 3.05) is 20.2 Å². The summed E-state index contributed by atoms with van der Waals surface area (Å²) in [7, 11) is 1.66. The van der Waals surface area contributed by atoms with Gasteiger partial charge in [-0.25, -0.2) is 0 Å². The van der Waals surface area contributed by atoms with Crippen LogP contribution in [0.5, 0.6) is 11.5 Å². The van der Waals surface area contributed by atoms with Gasteiger partial charge < -0.3 is 14.6 Å². The Balaban J connectivity index is 1.70. The van der Waals surface area contributed by atoms with Gasteiger partial charge in [-0.15, -0.1) is 0 Å². The lowest BCUT2D eigenvalue weighted by molar-refractivity contribution is -0.143. The number of rotatable bonds is 8. The minimum atomic E-state index is -0.672. The lowest BCUT2D eigenvalue weighted by Gasteiger charge is -2.36. The molecule has 2 aromatic rings. The summed E-state index contributed by atoms with van der Waals surface area (Å²) >= 11 is 0. The molecule has 0 radical (unpaired) electrons. The summed E-state index contributed by atoms with van der Waals surface area (Å²) in [5, 5.41) is 9.22. The van der Waals surface area contributed by atoms with E-state index in [9.17, 15) is 9.90 Å². The van der Waals surface area contributed by atoms with E-state index in [1.54, 1.807) is 7.11 Å². The quantitative estimate of drug-likeness (QED) is 0.726. The third-order valence-corrected chi connectivity index (χ3v) is 5.52. The second-order valence-corrected chi connectivity index (χ2v) is 7.26. The van der Waals surface area contributed by atoms with Gasteiger partial charge in [0.15, 0.2) is 11.5 Å². The highest BCUT2D eigenvalue weighted by atomic mass is 16.5. The number of aliphatic carboxylic acids is 1. The molecule has 0 aliphatic carbocycles. The molecular formula is C23H29NO4. The van der Waals surface area contributed by atoms with Crippen molar-refractivity contribution in [1.82, 2.24) is 4.90 Å². The van der Waals surface area contributed by atoms with E-state index in [4.69, 9.17) is 9.47 Å². The first kappa shape index (κ1) is 20.2. The molecule has 0 saturated carbocycles. The molecule has 1 aliphatic rings. The predicted molar refractivity (Wildman–Crippen MR) is 109 cm³/mol. The molecular weight excluding hydrogens is 354 g/mol. The van der Waals surface area contributed by atoms with Crippen LogP contribution in [-0.4, -0.2) is 36.2 Å². The maximum atomic E-state index is 11.2. The van der Waals surface area contributed by atoms with Crippen molar-refractivity contribution in [3.63, 3.8) is 0 Å². The van der Waals surface area contributed by atoms with Crippen LogP contribution in [0.1, 0.15) is 43.4 Å². The molecule has 5 nitrogen and oxygen atoms in total. The van der Waals surface area contributed by atoms with E-state index in [1.165, 1.54) is 5.56 Å². The predicted octanol–water partition coefficient (Wildman–Crippen LogP) is 4.52. The molecule has 2 aromatic carbocycles. The van der Waals surface area contributed by atoms with Gasteiger partial charge in [-0.1, -0.05) is 43.3 Å². The Morgan fingerprint density at radius 2 is 1.86 bits per heavy atom. The van der Waals surface area contributed by atoms with Crippen molar-refractivity contribution >= 4 is 5.97 Å². The van der Waals surface area contributed by atoms with Crippen molar-refractivity contribution in [3.05, 3.63) is 59.7 Å². The lowest BCUT2D eigenvalue weighted by Crippen LogP contribution is -2.38. The largest absolute Gasteiger partial charge is 0.493 e. The monoisotopic (exact) mass is 383 g/mol. The first-order valence-corrected chi connectivity index (χ1v) is 9.94. The minimum absolute atomic E-state index is 0.211. The van der Waals surface area contributed by atoms with Crippen molar-refractivity contribution < 1.29 is 19.4 Å². The number of carboxylic acid groups (broad SMARTS) is 1. The molecule has 0 amide bonds. The topological polar surface area (TPSA) is 59.0 Å². The fourth-order valence-corrected chi connectivity index (χ4v) is 3.91. The van der Waals surface area contributed by atoms with Crippen LogP contribution in [0.4, 0.5) is 0 Å². The van der Waals surface area contributed by atoms with E-state index in [-0.39, 0.29) is 12.0 Å². The number of ether oxygens (including phenoxy) is 2. The standard InChI is InChI=1S/C23H29NO4/c1-3-20(24-13-11-18(12-14-24)23(25)26)19-9-10-21(22(15-19)27-2)28-16-17-7-5-4-6-8-17/h4-10,15,18,20H,3,11-14,16H2,1-2H3,(H,25,26). The van der Waals surface area contributed by atoms with E-state index in [2.05, 4.69) is 24.0 Å².